The minimum Gasteiger partial charge on any atom is -0.324 e. The number of anilines is 7. The van der Waals surface area contributed by atoms with Gasteiger partial charge in [0.05, 0.1) is 11.4 Å². The van der Waals surface area contributed by atoms with Crippen LogP contribution in [0.2, 0.25) is 0 Å². The minimum atomic E-state index is 0.493. The maximum absolute atomic E-state index is 5.10. The maximum atomic E-state index is 5.10. The second-order valence-corrected chi connectivity index (χ2v) is 14.4. The van der Waals surface area contributed by atoms with Crippen LogP contribution in [0.15, 0.2) is 107 Å². The molecule has 0 radical (unpaired) electrons. The molecule has 0 atom stereocenters. The molecule has 6 nitrogen and oxygen atoms in total. The van der Waals surface area contributed by atoms with Crippen molar-refractivity contribution in [3.8, 4) is 0 Å². The Morgan fingerprint density at radius 2 is 0.940 bits per heavy atom. The predicted octanol–water partition coefficient (Wildman–Crippen LogP) is 13.1. The summed E-state index contributed by atoms with van der Waals surface area (Å²) in [7, 11) is 0. The number of para-hydroxylation sites is 2. The predicted molar refractivity (Wildman–Crippen MR) is 212 cm³/mol. The normalized spacial score (nSPS) is 12.0. The molecule has 4 aromatic carbocycles. The molecular formula is C43H52N6S. The largest absolute Gasteiger partial charge is 0.324 e. The molecule has 0 aliphatic carbocycles. The zero-order chi connectivity index (χ0) is 34.4. The van der Waals surface area contributed by atoms with Crippen LogP contribution in [0.3, 0.4) is 0 Å². The van der Waals surface area contributed by atoms with Gasteiger partial charge >= 0.3 is 0 Å². The van der Waals surface area contributed by atoms with Crippen LogP contribution in [0.5, 0.6) is 0 Å². The highest BCUT2D eigenvalue weighted by atomic mass is 32.2. The third-order valence-electron chi connectivity index (χ3n) is 9.27. The standard InChI is InChI=1S/C43H52N6S/c1-3-5-7-9-11-15-21-33-27-29-39-37(31-33)49(38-32-34(28-30-40(38)50-39)22-16-12-10-8-6-4-2)43-47-41(44-35-23-17-13-18-24-35)46-42(48-43)45-36-25-19-14-20-26-36/h13-14,17-20,23-32H,3-12,15-16,21-22H2,1-2H3,(H2,44,45,46,47,48). The monoisotopic (exact) mass is 684 g/mol. The molecule has 5 aromatic rings. The van der Waals surface area contributed by atoms with Gasteiger partial charge in [-0.25, -0.2) is 0 Å². The lowest BCUT2D eigenvalue weighted by Gasteiger charge is -2.32. The molecule has 0 saturated carbocycles. The van der Waals surface area contributed by atoms with Gasteiger partial charge in [0.2, 0.25) is 17.8 Å². The fourth-order valence-electron chi connectivity index (χ4n) is 6.52. The topological polar surface area (TPSA) is 66.0 Å². The van der Waals surface area contributed by atoms with Gasteiger partial charge in [-0.3, -0.25) is 4.90 Å². The molecule has 0 fully saturated rings. The zero-order valence-corrected chi connectivity index (χ0v) is 30.7. The van der Waals surface area contributed by atoms with Gasteiger partial charge in [-0.15, -0.1) is 0 Å². The van der Waals surface area contributed by atoms with Crippen LogP contribution in [-0.2, 0) is 12.8 Å². The van der Waals surface area contributed by atoms with Gasteiger partial charge in [-0.2, -0.15) is 15.0 Å². The van der Waals surface area contributed by atoms with Crippen LogP contribution in [-0.4, -0.2) is 15.0 Å². The van der Waals surface area contributed by atoms with Gasteiger partial charge < -0.3 is 10.6 Å². The summed E-state index contributed by atoms with van der Waals surface area (Å²) in [5.41, 5.74) is 6.82. The summed E-state index contributed by atoms with van der Waals surface area (Å²) < 4.78 is 0. The lowest BCUT2D eigenvalue weighted by atomic mass is 10.0. The number of unbranched alkanes of at least 4 members (excludes halogenated alkanes) is 10. The Morgan fingerprint density at radius 3 is 1.40 bits per heavy atom. The van der Waals surface area contributed by atoms with Gasteiger partial charge in [-0.1, -0.05) is 138 Å². The van der Waals surface area contributed by atoms with E-state index in [1.54, 1.807) is 0 Å². The van der Waals surface area contributed by atoms with E-state index >= 15 is 0 Å². The third-order valence-corrected chi connectivity index (χ3v) is 10.4. The number of aryl methyl sites for hydroxylation is 2. The Kier molecular flexibility index (Phi) is 13.2. The molecule has 0 amide bonds. The van der Waals surface area contributed by atoms with Crippen molar-refractivity contribution >= 4 is 52.4 Å². The highest BCUT2D eigenvalue weighted by Gasteiger charge is 2.28. The minimum absolute atomic E-state index is 0.493. The Hall–Kier alpha value is -4.36. The molecule has 260 valence electrons. The summed E-state index contributed by atoms with van der Waals surface area (Å²) in [6.07, 6.45) is 17.6. The molecule has 7 heteroatoms. The number of fused-ring (bicyclic) bond motifs is 2. The highest BCUT2D eigenvalue weighted by molar-refractivity contribution is 7.99. The molecule has 2 heterocycles. The van der Waals surface area contributed by atoms with Crippen molar-refractivity contribution in [2.45, 2.75) is 114 Å². The van der Waals surface area contributed by atoms with Crippen LogP contribution in [0.4, 0.5) is 40.6 Å². The van der Waals surface area contributed by atoms with Gasteiger partial charge in [-0.05, 0) is 85.3 Å². The number of rotatable bonds is 19. The number of benzene rings is 4. The Bertz CT molecular complexity index is 1650. The highest BCUT2D eigenvalue weighted by Crippen LogP contribution is 2.51. The van der Waals surface area contributed by atoms with E-state index in [4.69, 9.17) is 15.0 Å². The van der Waals surface area contributed by atoms with Crippen LogP contribution in [0.25, 0.3) is 0 Å². The van der Waals surface area contributed by atoms with Crippen LogP contribution in [0, 0.1) is 0 Å². The molecule has 1 aliphatic heterocycles. The fraction of sp³-hybridized carbons (Fsp3) is 0.372. The van der Waals surface area contributed by atoms with E-state index in [0.29, 0.717) is 17.8 Å². The quantitative estimate of drug-likeness (QED) is 0.0823. The fourth-order valence-corrected chi connectivity index (χ4v) is 7.54. The van der Waals surface area contributed by atoms with Crippen LogP contribution in [0.1, 0.15) is 102 Å². The molecule has 0 saturated heterocycles. The van der Waals surface area contributed by atoms with Crippen molar-refractivity contribution < 1.29 is 0 Å². The average molecular weight is 685 g/mol. The Balaban J connectivity index is 1.37. The number of hydrogen-bond donors (Lipinski definition) is 2. The molecule has 0 unspecified atom stereocenters. The lowest BCUT2D eigenvalue weighted by Crippen LogP contribution is -2.20. The van der Waals surface area contributed by atoms with E-state index in [1.165, 1.54) is 98.0 Å². The van der Waals surface area contributed by atoms with Crippen molar-refractivity contribution in [3.63, 3.8) is 0 Å². The summed E-state index contributed by atoms with van der Waals surface area (Å²) in [4.78, 5) is 19.7. The lowest BCUT2D eigenvalue weighted by molar-refractivity contribution is 0.607. The number of hydrogen-bond acceptors (Lipinski definition) is 7. The Labute approximate surface area is 303 Å². The molecule has 6 rings (SSSR count). The van der Waals surface area contributed by atoms with Gasteiger partial charge in [0.1, 0.15) is 0 Å². The van der Waals surface area contributed by atoms with Crippen LogP contribution >= 0.6 is 11.8 Å². The molecule has 1 aliphatic rings. The maximum Gasteiger partial charge on any atom is 0.241 e. The third kappa shape index (κ3) is 9.87. The van der Waals surface area contributed by atoms with E-state index in [0.717, 1.165) is 35.6 Å². The summed E-state index contributed by atoms with van der Waals surface area (Å²) in [5.74, 6) is 1.58. The van der Waals surface area contributed by atoms with Gasteiger partial charge in [0, 0.05) is 21.2 Å². The second-order valence-electron chi connectivity index (χ2n) is 13.3. The number of nitrogens with zero attached hydrogens (tertiary/aromatic N) is 4. The summed E-state index contributed by atoms with van der Waals surface area (Å²) >= 11 is 1.84. The number of aromatic nitrogens is 3. The van der Waals surface area contributed by atoms with Gasteiger partial charge in [0.15, 0.2) is 0 Å². The van der Waals surface area contributed by atoms with E-state index < -0.39 is 0 Å². The van der Waals surface area contributed by atoms with E-state index in [9.17, 15) is 0 Å². The summed E-state index contributed by atoms with van der Waals surface area (Å²) in [6, 6.07) is 34.1. The molecule has 50 heavy (non-hydrogen) atoms. The van der Waals surface area contributed by atoms with Crippen LogP contribution < -0.4 is 15.5 Å². The first-order valence-electron chi connectivity index (χ1n) is 18.8. The molecule has 1 aromatic heterocycles. The number of nitrogens with one attached hydrogen (secondary N) is 2. The SMILES string of the molecule is CCCCCCCCc1ccc2c(c1)N(c1nc(Nc3ccccc3)nc(Nc3ccccc3)n1)c1cc(CCCCCCCC)ccc1S2. The van der Waals surface area contributed by atoms with Crippen molar-refractivity contribution in [2.24, 2.45) is 0 Å². The van der Waals surface area contributed by atoms with E-state index in [1.807, 2.05) is 72.4 Å². The van der Waals surface area contributed by atoms with Crippen molar-refractivity contribution in [2.75, 3.05) is 15.5 Å². The molecule has 0 bridgehead atoms. The Morgan fingerprint density at radius 1 is 0.500 bits per heavy atom. The van der Waals surface area contributed by atoms with Gasteiger partial charge in [0.25, 0.3) is 0 Å². The first kappa shape index (κ1) is 35.5. The zero-order valence-electron chi connectivity index (χ0n) is 29.8. The molecule has 0 spiro atoms. The molecular weight excluding hydrogens is 633 g/mol. The second kappa shape index (κ2) is 18.6. The summed E-state index contributed by atoms with van der Waals surface area (Å²) in [5, 5.41) is 6.89. The van der Waals surface area contributed by atoms with Crippen molar-refractivity contribution in [1.29, 1.82) is 0 Å². The van der Waals surface area contributed by atoms with E-state index in [-0.39, 0.29) is 0 Å². The smallest absolute Gasteiger partial charge is 0.241 e. The van der Waals surface area contributed by atoms with Crippen molar-refractivity contribution in [1.82, 2.24) is 15.0 Å². The first-order valence-corrected chi connectivity index (χ1v) is 19.7. The summed E-state index contributed by atoms with van der Waals surface area (Å²) in [6.45, 7) is 4.56. The average Bonchev–Trinajstić information content (AvgIpc) is 3.14. The first-order chi connectivity index (χ1) is 24.7. The van der Waals surface area contributed by atoms with Crippen molar-refractivity contribution in [3.05, 3.63) is 108 Å². The molecule has 2 N–H and O–H groups in total. The van der Waals surface area contributed by atoms with E-state index in [2.05, 4.69) is 65.8 Å².